The molecule has 1 unspecified atom stereocenters. The summed E-state index contributed by atoms with van der Waals surface area (Å²) in [6, 6.07) is 16.7. The maximum atomic E-state index is 13.4. The monoisotopic (exact) mass is 437 g/mol. The summed E-state index contributed by atoms with van der Waals surface area (Å²) in [5.74, 6) is -0.132. The molecule has 0 fully saturated rings. The highest BCUT2D eigenvalue weighted by molar-refractivity contribution is 6.13. The second-order valence-corrected chi connectivity index (χ2v) is 8.48. The van der Waals surface area contributed by atoms with Crippen LogP contribution in [-0.4, -0.2) is 21.7 Å². The van der Waals surface area contributed by atoms with Crippen molar-refractivity contribution in [1.82, 2.24) is 9.97 Å². The molecular formula is C28H27N3O2. The second-order valence-electron chi connectivity index (χ2n) is 8.48. The van der Waals surface area contributed by atoms with Gasteiger partial charge in [0.25, 0.3) is 5.91 Å². The topological polar surface area (TPSA) is 72.0 Å². The van der Waals surface area contributed by atoms with Gasteiger partial charge in [0, 0.05) is 40.5 Å². The predicted octanol–water partition coefficient (Wildman–Crippen LogP) is 6.39. The van der Waals surface area contributed by atoms with Crippen molar-refractivity contribution in [3.63, 3.8) is 0 Å². The fourth-order valence-electron chi connectivity index (χ4n) is 3.92. The minimum atomic E-state index is -0.224. The molecule has 0 aliphatic heterocycles. The third-order valence-corrected chi connectivity index (χ3v) is 5.94. The van der Waals surface area contributed by atoms with E-state index in [9.17, 15) is 9.59 Å². The van der Waals surface area contributed by atoms with Crippen LogP contribution < -0.4 is 5.32 Å². The molecule has 1 N–H and O–H groups in total. The van der Waals surface area contributed by atoms with Gasteiger partial charge in [-0.15, -0.1) is 0 Å². The lowest BCUT2D eigenvalue weighted by molar-refractivity contribution is 0.0927. The van der Waals surface area contributed by atoms with E-state index in [-0.39, 0.29) is 17.6 Å². The van der Waals surface area contributed by atoms with E-state index in [1.807, 2.05) is 52.0 Å². The van der Waals surface area contributed by atoms with Crippen LogP contribution in [0.15, 0.2) is 67.0 Å². The minimum Gasteiger partial charge on any atom is -0.322 e. The number of carbonyl (C=O) groups is 2. The Morgan fingerprint density at radius 2 is 1.79 bits per heavy atom. The number of aryl methyl sites for hydroxylation is 2. The largest absolute Gasteiger partial charge is 0.322 e. The van der Waals surface area contributed by atoms with E-state index in [4.69, 9.17) is 4.98 Å². The fraction of sp³-hybridized carbons (Fsp3) is 0.214. The van der Waals surface area contributed by atoms with Gasteiger partial charge in [-0.05, 0) is 74.4 Å². The van der Waals surface area contributed by atoms with Gasteiger partial charge in [0.1, 0.15) is 0 Å². The summed E-state index contributed by atoms with van der Waals surface area (Å²) in [5.41, 5.74) is 6.26. The molecule has 1 amide bonds. The van der Waals surface area contributed by atoms with Crippen LogP contribution in [0.1, 0.15) is 52.1 Å². The molecule has 0 spiro atoms. The van der Waals surface area contributed by atoms with Crippen molar-refractivity contribution in [2.75, 3.05) is 5.32 Å². The second kappa shape index (κ2) is 9.33. The maximum absolute atomic E-state index is 13.4. The van der Waals surface area contributed by atoms with Gasteiger partial charge in [-0.3, -0.25) is 14.6 Å². The zero-order valence-corrected chi connectivity index (χ0v) is 19.3. The lowest BCUT2D eigenvalue weighted by Gasteiger charge is -2.13. The van der Waals surface area contributed by atoms with Crippen molar-refractivity contribution in [3.05, 3.63) is 89.2 Å². The molecule has 0 bridgehead atoms. The van der Waals surface area contributed by atoms with Gasteiger partial charge in [-0.1, -0.05) is 25.5 Å². The van der Waals surface area contributed by atoms with Gasteiger partial charge in [0.2, 0.25) is 0 Å². The molecule has 0 aliphatic rings. The van der Waals surface area contributed by atoms with E-state index < -0.39 is 0 Å². The molecule has 0 saturated carbocycles. The van der Waals surface area contributed by atoms with Crippen molar-refractivity contribution in [3.8, 4) is 11.3 Å². The van der Waals surface area contributed by atoms with E-state index >= 15 is 0 Å². The van der Waals surface area contributed by atoms with Gasteiger partial charge in [0.15, 0.2) is 5.78 Å². The number of aromatic nitrogens is 2. The number of rotatable bonds is 6. The van der Waals surface area contributed by atoms with Crippen LogP contribution in [0.4, 0.5) is 5.69 Å². The van der Waals surface area contributed by atoms with Crippen LogP contribution in [-0.2, 0) is 0 Å². The maximum Gasteiger partial charge on any atom is 0.256 e. The molecule has 2 heterocycles. The molecule has 4 aromatic rings. The molecule has 5 nitrogen and oxygen atoms in total. The highest BCUT2D eigenvalue weighted by atomic mass is 16.1. The molecule has 0 radical (unpaired) electrons. The zero-order chi connectivity index (χ0) is 23.5. The summed E-state index contributed by atoms with van der Waals surface area (Å²) in [5, 5.41) is 3.79. The fourth-order valence-corrected chi connectivity index (χ4v) is 3.92. The van der Waals surface area contributed by atoms with E-state index in [1.54, 1.807) is 36.7 Å². The third kappa shape index (κ3) is 4.67. The molecule has 1 atom stereocenters. The standard InChI is InChI=1S/C28H27N3O2/c1-5-18(3)27(32)20-8-10-22(11-9-20)30-28(33)24-15-25(21-7-6-12-29-16-21)31-26-19(4)13-17(2)14-23(24)26/h6-16,18H,5H2,1-4H3,(H,30,33). The Bertz CT molecular complexity index is 1330. The Hall–Kier alpha value is -3.86. The first-order valence-corrected chi connectivity index (χ1v) is 11.2. The van der Waals surface area contributed by atoms with Crippen LogP contribution >= 0.6 is 0 Å². The summed E-state index contributed by atoms with van der Waals surface area (Å²) in [6.45, 7) is 7.94. The summed E-state index contributed by atoms with van der Waals surface area (Å²) < 4.78 is 0. The smallest absolute Gasteiger partial charge is 0.256 e. The number of fused-ring (bicyclic) bond motifs is 1. The van der Waals surface area contributed by atoms with Crippen LogP contribution in [0, 0.1) is 19.8 Å². The van der Waals surface area contributed by atoms with Crippen LogP contribution in [0.5, 0.6) is 0 Å². The molecule has 5 heteroatoms. The number of hydrogen-bond donors (Lipinski definition) is 1. The van der Waals surface area contributed by atoms with Crippen molar-refractivity contribution >= 4 is 28.3 Å². The highest BCUT2D eigenvalue weighted by Gasteiger charge is 2.17. The van der Waals surface area contributed by atoms with E-state index in [2.05, 4.69) is 16.4 Å². The first kappa shape index (κ1) is 22.3. The van der Waals surface area contributed by atoms with Crippen LogP contribution in [0.3, 0.4) is 0 Å². The molecule has 2 aromatic heterocycles. The van der Waals surface area contributed by atoms with E-state index in [1.165, 1.54) is 0 Å². The lowest BCUT2D eigenvalue weighted by atomic mass is 9.97. The molecule has 2 aromatic carbocycles. The Morgan fingerprint density at radius 3 is 2.45 bits per heavy atom. The van der Waals surface area contributed by atoms with Gasteiger partial charge in [0.05, 0.1) is 16.8 Å². The molecule has 0 aliphatic carbocycles. The highest BCUT2D eigenvalue weighted by Crippen LogP contribution is 2.28. The molecular weight excluding hydrogens is 410 g/mol. The number of nitrogens with one attached hydrogen (secondary N) is 1. The van der Waals surface area contributed by atoms with E-state index in [0.717, 1.165) is 34.0 Å². The minimum absolute atomic E-state index is 0.0222. The zero-order valence-electron chi connectivity index (χ0n) is 19.3. The van der Waals surface area contributed by atoms with Crippen molar-refractivity contribution in [2.24, 2.45) is 5.92 Å². The van der Waals surface area contributed by atoms with Gasteiger partial charge < -0.3 is 5.32 Å². The summed E-state index contributed by atoms with van der Waals surface area (Å²) in [7, 11) is 0. The number of carbonyl (C=O) groups excluding carboxylic acids is 2. The SMILES string of the molecule is CCC(C)C(=O)c1ccc(NC(=O)c2cc(-c3cccnc3)nc3c(C)cc(C)cc23)cc1. The number of benzene rings is 2. The quantitative estimate of drug-likeness (QED) is 0.355. The first-order valence-electron chi connectivity index (χ1n) is 11.2. The lowest BCUT2D eigenvalue weighted by Crippen LogP contribution is -2.14. The normalized spacial score (nSPS) is 11.9. The molecule has 0 saturated heterocycles. The number of nitrogens with zero attached hydrogens (tertiary/aromatic N) is 2. The summed E-state index contributed by atoms with van der Waals surface area (Å²) >= 11 is 0. The molecule has 4 rings (SSSR count). The Morgan fingerprint density at radius 1 is 1.03 bits per heavy atom. The van der Waals surface area contributed by atoms with Gasteiger partial charge in [-0.2, -0.15) is 0 Å². The van der Waals surface area contributed by atoms with Crippen LogP contribution in [0.2, 0.25) is 0 Å². The summed E-state index contributed by atoms with van der Waals surface area (Å²) in [6.07, 6.45) is 4.25. The van der Waals surface area contributed by atoms with Crippen molar-refractivity contribution in [2.45, 2.75) is 34.1 Å². The first-order chi connectivity index (χ1) is 15.9. The van der Waals surface area contributed by atoms with E-state index in [0.29, 0.717) is 22.5 Å². The summed E-state index contributed by atoms with van der Waals surface area (Å²) in [4.78, 5) is 34.8. The number of ketones is 1. The molecule has 33 heavy (non-hydrogen) atoms. The number of anilines is 1. The average molecular weight is 438 g/mol. The van der Waals surface area contributed by atoms with Gasteiger partial charge in [-0.25, -0.2) is 4.98 Å². The number of hydrogen-bond acceptors (Lipinski definition) is 4. The van der Waals surface area contributed by atoms with Crippen LogP contribution in [0.25, 0.3) is 22.2 Å². The van der Waals surface area contributed by atoms with Crippen molar-refractivity contribution in [1.29, 1.82) is 0 Å². The number of amides is 1. The number of Topliss-reactive ketones (excluding diaryl/α,β-unsaturated/α-hetero) is 1. The Balaban J connectivity index is 1.72. The van der Waals surface area contributed by atoms with Gasteiger partial charge >= 0.3 is 0 Å². The Labute approximate surface area is 193 Å². The molecule has 166 valence electrons. The predicted molar refractivity (Wildman–Crippen MR) is 133 cm³/mol. The Kier molecular flexibility index (Phi) is 6.31. The average Bonchev–Trinajstić information content (AvgIpc) is 2.83. The number of pyridine rings is 2. The third-order valence-electron chi connectivity index (χ3n) is 5.94. The van der Waals surface area contributed by atoms with Crippen molar-refractivity contribution < 1.29 is 9.59 Å².